The summed E-state index contributed by atoms with van der Waals surface area (Å²) >= 11 is 0. The molecule has 26 heavy (non-hydrogen) atoms. The predicted molar refractivity (Wildman–Crippen MR) is 96.6 cm³/mol. The zero-order valence-corrected chi connectivity index (χ0v) is 15.4. The van der Waals surface area contributed by atoms with Gasteiger partial charge in [0.05, 0.1) is 23.8 Å². The molecule has 2 amide bonds. The lowest BCUT2D eigenvalue weighted by Gasteiger charge is -2.32. The number of nitriles is 1. The monoisotopic (exact) mass is 358 g/mol. The second-order valence-electron chi connectivity index (χ2n) is 7.77. The molecule has 1 aliphatic heterocycles. The van der Waals surface area contributed by atoms with E-state index in [-0.39, 0.29) is 31.3 Å². The van der Waals surface area contributed by atoms with Crippen LogP contribution in [0, 0.1) is 16.7 Å². The van der Waals surface area contributed by atoms with Gasteiger partial charge in [-0.1, -0.05) is 32.9 Å². The van der Waals surface area contributed by atoms with Crippen LogP contribution in [0.3, 0.4) is 0 Å². The topological polar surface area (TPSA) is 119 Å². The van der Waals surface area contributed by atoms with Crippen molar-refractivity contribution in [3.05, 3.63) is 35.4 Å². The molecular formula is C19H26N4O3. The highest BCUT2D eigenvalue weighted by molar-refractivity contribution is 5.90. The molecule has 0 aromatic heterocycles. The third-order valence-corrected chi connectivity index (χ3v) is 4.61. The Morgan fingerprint density at radius 2 is 2.00 bits per heavy atom. The number of hydrogen-bond acceptors (Lipinski definition) is 5. The molecule has 1 saturated heterocycles. The molecular weight excluding hydrogens is 332 g/mol. The third-order valence-electron chi connectivity index (χ3n) is 4.61. The summed E-state index contributed by atoms with van der Waals surface area (Å²) in [4.78, 5) is 26.6. The minimum Gasteiger partial charge on any atom is -0.391 e. The first-order valence-corrected chi connectivity index (χ1v) is 8.64. The SMILES string of the molecule is CC(C)(C)C(N)C(=O)N1C[C@H](O)C[C@H]1C(=O)NCc1ccc(C#N)cc1. The minimum atomic E-state index is -0.748. The van der Waals surface area contributed by atoms with E-state index >= 15 is 0 Å². The van der Waals surface area contributed by atoms with E-state index in [1.807, 2.05) is 26.8 Å². The number of amides is 2. The average Bonchev–Trinajstić information content (AvgIpc) is 2.99. The van der Waals surface area contributed by atoms with Crippen molar-refractivity contribution in [2.45, 2.75) is 51.9 Å². The Kier molecular flexibility index (Phi) is 6.01. The van der Waals surface area contributed by atoms with E-state index in [9.17, 15) is 14.7 Å². The molecule has 7 nitrogen and oxygen atoms in total. The van der Waals surface area contributed by atoms with Crippen LogP contribution in [0.25, 0.3) is 0 Å². The molecule has 4 N–H and O–H groups in total. The van der Waals surface area contributed by atoms with E-state index in [1.165, 1.54) is 4.90 Å². The van der Waals surface area contributed by atoms with E-state index in [2.05, 4.69) is 5.32 Å². The van der Waals surface area contributed by atoms with Crippen LogP contribution in [0.15, 0.2) is 24.3 Å². The van der Waals surface area contributed by atoms with Crippen molar-refractivity contribution >= 4 is 11.8 Å². The van der Waals surface area contributed by atoms with E-state index in [0.717, 1.165) is 5.56 Å². The van der Waals surface area contributed by atoms with E-state index < -0.39 is 23.6 Å². The number of aliphatic hydroxyl groups is 1. The maximum atomic E-state index is 12.7. The van der Waals surface area contributed by atoms with Gasteiger partial charge in [0, 0.05) is 19.5 Å². The zero-order chi connectivity index (χ0) is 19.5. The quantitative estimate of drug-likeness (QED) is 0.724. The summed E-state index contributed by atoms with van der Waals surface area (Å²) in [6.07, 6.45) is -0.543. The van der Waals surface area contributed by atoms with Crippen LogP contribution in [-0.4, -0.2) is 46.6 Å². The van der Waals surface area contributed by atoms with Crippen molar-refractivity contribution in [1.29, 1.82) is 5.26 Å². The van der Waals surface area contributed by atoms with E-state index in [1.54, 1.807) is 24.3 Å². The number of aliphatic hydroxyl groups excluding tert-OH is 1. The Morgan fingerprint density at radius 1 is 1.38 bits per heavy atom. The summed E-state index contributed by atoms with van der Waals surface area (Å²) in [6.45, 7) is 5.98. The number of hydrogen-bond donors (Lipinski definition) is 3. The largest absolute Gasteiger partial charge is 0.391 e. The lowest BCUT2D eigenvalue weighted by atomic mass is 9.86. The Balaban J connectivity index is 2.03. The van der Waals surface area contributed by atoms with Gasteiger partial charge in [0.2, 0.25) is 11.8 Å². The van der Waals surface area contributed by atoms with Crippen molar-refractivity contribution in [3.8, 4) is 6.07 Å². The first kappa shape index (κ1) is 19.9. The first-order chi connectivity index (χ1) is 12.1. The van der Waals surface area contributed by atoms with Crippen LogP contribution in [-0.2, 0) is 16.1 Å². The lowest BCUT2D eigenvalue weighted by Crippen LogP contribution is -2.54. The van der Waals surface area contributed by atoms with Crippen LogP contribution >= 0.6 is 0 Å². The second kappa shape index (κ2) is 7.85. The van der Waals surface area contributed by atoms with Crippen molar-refractivity contribution in [2.75, 3.05) is 6.54 Å². The van der Waals surface area contributed by atoms with Gasteiger partial charge in [-0.25, -0.2) is 0 Å². The molecule has 1 aliphatic rings. The number of rotatable bonds is 4. The van der Waals surface area contributed by atoms with Crippen molar-refractivity contribution in [2.24, 2.45) is 11.1 Å². The van der Waals surface area contributed by atoms with Gasteiger partial charge in [-0.3, -0.25) is 9.59 Å². The summed E-state index contributed by atoms with van der Waals surface area (Å²) in [5, 5.41) is 21.6. The van der Waals surface area contributed by atoms with Crippen LogP contribution in [0.2, 0.25) is 0 Å². The van der Waals surface area contributed by atoms with Gasteiger partial charge in [0.1, 0.15) is 6.04 Å². The third kappa shape index (κ3) is 4.59. The Labute approximate surface area is 153 Å². The molecule has 0 aliphatic carbocycles. The molecule has 1 unspecified atom stereocenters. The number of β-amino-alcohol motifs (C(OH)–C–C–N with tert-alkyl or cyclic N) is 1. The molecule has 7 heteroatoms. The van der Waals surface area contributed by atoms with Crippen LogP contribution in [0.5, 0.6) is 0 Å². The molecule has 1 aromatic rings. The number of nitrogens with zero attached hydrogens (tertiary/aromatic N) is 2. The normalized spacial score (nSPS) is 21.2. The fraction of sp³-hybridized carbons (Fsp3) is 0.526. The summed E-state index contributed by atoms with van der Waals surface area (Å²) in [6, 6.07) is 7.45. The molecule has 140 valence electrons. The van der Waals surface area contributed by atoms with E-state index in [0.29, 0.717) is 5.56 Å². The summed E-state index contributed by atoms with van der Waals surface area (Å²) in [5.74, 6) is -0.645. The van der Waals surface area contributed by atoms with Crippen LogP contribution in [0.1, 0.15) is 38.3 Å². The minimum absolute atomic E-state index is 0.109. The predicted octanol–water partition coefficient (Wildman–Crippen LogP) is 0.510. The number of nitrogens with two attached hydrogens (primary N) is 1. The molecule has 2 rings (SSSR count). The first-order valence-electron chi connectivity index (χ1n) is 8.64. The van der Waals surface area contributed by atoms with Gasteiger partial charge in [0.15, 0.2) is 0 Å². The van der Waals surface area contributed by atoms with Crippen LogP contribution in [0.4, 0.5) is 0 Å². The van der Waals surface area contributed by atoms with Crippen molar-refractivity contribution < 1.29 is 14.7 Å². The summed E-state index contributed by atoms with van der Waals surface area (Å²) in [5.41, 5.74) is 7.00. The highest BCUT2D eigenvalue weighted by Gasteiger charge is 2.42. The summed E-state index contributed by atoms with van der Waals surface area (Å²) in [7, 11) is 0. The van der Waals surface area contributed by atoms with Gasteiger partial charge in [-0.2, -0.15) is 5.26 Å². The van der Waals surface area contributed by atoms with Crippen molar-refractivity contribution in [3.63, 3.8) is 0 Å². The molecule has 1 aromatic carbocycles. The number of carbonyl (C=O) groups excluding carboxylic acids is 2. The smallest absolute Gasteiger partial charge is 0.243 e. The Hall–Kier alpha value is -2.43. The van der Waals surface area contributed by atoms with Gasteiger partial charge >= 0.3 is 0 Å². The number of carbonyl (C=O) groups is 2. The van der Waals surface area contributed by atoms with Gasteiger partial charge in [0.25, 0.3) is 0 Å². The van der Waals surface area contributed by atoms with Crippen molar-refractivity contribution in [1.82, 2.24) is 10.2 Å². The molecule has 0 spiro atoms. The number of benzene rings is 1. The highest BCUT2D eigenvalue weighted by Crippen LogP contribution is 2.24. The molecule has 1 fully saturated rings. The van der Waals surface area contributed by atoms with E-state index in [4.69, 9.17) is 11.0 Å². The fourth-order valence-corrected chi connectivity index (χ4v) is 2.86. The molecule has 0 radical (unpaired) electrons. The Morgan fingerprint density at radius 3 is 2.54 bits per heavy atom. The molecule has 0 saturated carbocycles. The zero-order valence-electron chi connectivity index (χ0n) is 15.4. The highest BCUT2D eigenvalue weighted by atomic mass is 16.3. The second-order valence-corrected chi connectivity index (χ2v) is 7.77. The Bertz CT molecular complexity index is 703. The summed E-state index contributed by atoms with van der Waals surface area (Å²) < 4.78 is 0. The molecule has 1 heterocycles. The van der Waals surface area contributed by atoms with Gasteiger partial charge in [-0.15, -0.1) is 0 Å². The average molecular weight is 358 g/mol. The van der Waals surface area contributed by atoms with Gasteiger partial charge in [-0.05, 0) is 23.1 Å². The molecule has 0 bridgehead atoms. The molecule has 3 atom stereocenters. The lowest BCUT2D eigenvalue weighted by molar-refractivity contribution is -0.141. The maximum absolute atomic E-state index is 12.7. The van der Waals surface area contributed by atoms with Crippen LogP contribution < -0.4 is 11.1 Å². The van der Waals surface area contributed by atoms with Gasteiger partial charge < -0.3 is 21.1 Å². The fourth-order valence-electron chi connectivity index (χ4n) is 2.86. The number of nitrogens with one attached hydrogen (secondary N) is 1. The maximum Gasteiger partial charge on any atom is 0.243 e. The number of likely N-dealkylation sites (tertiary alicyclic amines) is 1. The standard InChI is InChI=1S/C19H26N4O3/c1-19(2,3)16(21)18(26)23-11-14(24)8-15(23)17(25)22-10-13-6-4-12(9-20)5-7-13/h4-7,14-16,24H,8,10-11,21H2,1-3H3,(H,22,25)/t14-,15+,16?/m1/s1.